The lowest BCUT2D eigenvalue weighted by Gasteiger charge is -2.25. The molecule has 110 valence electrons. The molecule has 0 fully saturated rings. The molecule has 1 aliphatic rings. The van der Waals surface area contributed by atoms with Gasteiger partial charge in [0.05, 0.1) is 0 Å². The maximum absolute atomic E-state index is 5.44. The van der Waals surface area contributed by atoms with Crippen LogP contribution in [0, 0.1) is 0 Å². The molecule has 2 aromatic carbocycles. The Kier molecular flexibility index (Phi) is 4.11. The summed E-state index contributed by atoms with van der Waals surface area (Å²) in [5, 5.41) is 0. The Hall–Kier alpha value is -2.00. The van der Waals surface area contributed by atoms with Gasteiger partial charge in [0.1, 0.15) is 0 Å². The number of rotatable bonds is 5. The predicted octanol–water partition coefficient (Wildman–Crippen LogP) is 3.48. The van der Waals surface area contributed by atoms with E-state index in [0.717, 1.165) is 24.5 Å². The molecule has 1 atom stereocenters. The summed E-state index contributed by atoms with van der Waals surface area (Å²) < 4.78 is 10.8. The third-order valence-electron chi connectivity index (χ3n) is 4.00. The molecule has 21 heavy (non-hydrogen) atoms. The summed E-state index contributed by atoms with van der Waals surface area (Å²) in [7, 11) is 2.17. The standard InChI is InChI=1S/C18H21NO2/c1-14(19(2)12-15-6-4-3-5-7-15)10-16-8-9-17-18(11-16)21-13-20-17/h3-9,11,14H,10,12-13H2,1-2H3/t14-/m1/s1. The Bertz CT molecular complexity index is 597. The van der Waals surface area contributed by atoms with Crippen molar-refractivity contribution in [2.45, 2.75) is 25.9 Å². The molecule has 0 aromatic heterocycles. The van der Waals surface area contributed by atoms with E-state index in [1.165, 1.54) is 11.1 Å². The second-order valence-corrected chi connectivity index (χ2v) is 5.64. The van der Waals surface area contributed by atoms with E-state index in [-0.39, 0.29) is 0 Å². The van der Waals surface area contributed by atoms with Crippen LogP contribution in [0.2, 0.25) is 0 Å². The summed E-state index contributed by atoms with van der Waals surface area (Å²) in [6, 6.07) is 17.3. The van der Waals surface area contributed by atoms with Crippen LogP contribution in [-0.4, -0.2) is 24.8 Å². The van der Waals surface area contributed by atoms with Crippen LogP contribution in [0.1, 0.15) is 18.1 Å². The molecule has 0 unspecified atom stereocenters. The number of hydrogen-bond donors (Lipinski definition) is 0. The van der Waals surface area contributed by atoms with Gasteiger partial charge < -0.3 is 9.47 Å². The normalized spacial score (nSPS) is 14.4. The first-order valence-corrected chi connectivity index (χ1v) is 7.35. The Balaban J connectivity index is 1.61. The lowest BCUT2D eigenvalue weighted by Crippen LogP contribution is -2.30. The summed E-state index contributed by atoms with van der Waals surface area (Å²) in [6.45, 7) is 3.56. The van der Waals surface area contributed by atoms with Gasteiger partial charge in [-0.1, -0.05) is 36.4 Å². The van der Waals surface area contributed by atoms with Crippen LogP contribution in [-0.2, 0) is 13.0 Å². The summed E-state index contributed by atoms with van der Waals surface area (Å²) in [5.74, 6) is 1.72. The van der Waals surface area contributed by atoms with Crippen LogP contribution in [0.25, 0.3) is 0 Å². The zero-order valence-electron chi connectivity index (χ0n) is 12.6. The second kappa shape index (κ2) is 6.19. The number of hydrogen-bond acceptors (Lipinski definition) is 3. The SMILES string of the molecule is C[C@H](Cc1ccc2c(c1)OCO2)N(C)Cc1ccccc1. The van der Waals surface area contributed by atoms with Crippen LogP contribution in [0.15, 0.2) is 48.5 Å². The molecule has 1 aliphatic heterocycles. The Labute approximate surface area is 126 Å². The fourth-order valence-electron chi connectivity index (χ4n) is 2.59. The fraction of sp³-hybridized carbons (Fsp3) is 0.333. The van der Waals surface area contributed by atoms with E-state index in [1.807, 2.05) is 6.07 Å². The van der Waals surface area contributed by atoms with Gasteiger partial charge in [-0.3, -0.25) is 4.90 Å². The van der Waals surface area contributed by atoms with Crippen molar-refractivity contribution in [1.82, 2.24) is 4.90 Å². The molecular weight excluding hydrogens is 262 g/mol. The molecule has 0 bridgehead atoms. The van der Waals surface area contributed by atoms with Gasteiger partial charge in [-0.15, -0.1) is 0 Å². The van der Waals surface area contributed by atoms with Crippen molar-refractivity contribution in [3.05, 3.63) is 59.7 Å². The number of benzene rings is 2. The van der Waals surface area contributed by atoms with Crippen molar-refractivity contribution in [3.63, 3.8) is 0 Å². The van der Waals surface area contributed by atoms with Crippen LogP contribution in [0.5, 0.6) is 11.5 Å². The van der Waals surface area contributed by atoms with E-state index < -0.39 is 0 Å². The largest absolute Gasteiger partial charge is 0.454 e. The second-order valence-electron chi connectivity index (χ2n) is 5.64. The van der Waals surface area contributed by atoms with Crippen LogP contribution < -0.4 is 9.47 Å². The van der Waals surface area contributed by atoms with Crippen LogP contribution in [0.4, 0.5) is 0 Å². The third-order valence-corrected chi connectivity index (χ3v) is 4.00. The Morgan fingerprint density at radius 1 is 1.00 bits per heavy atom. The topological polar surface area (TPSA) is 21.7 Å². The predicted molar refractivity (Wildman–Crippen MR) is 83.6 cm³/mol. The van der Waals surface area contributed by atoms with E-state index in [4.69, 9.17) is 9.47 Å². The van der Waals surface area contributed by atoms with E-state index in [9.17, 15) is 0 Å². The Morgan fingerprint density at radius 3 is 2.57 bits per heavy atom. The quantitative estimate of drug-likeness (QED) is 0.838. The number of nitrogens with zero attached hydrogens (tertiary/aromatic N) is 1. The molecule has 0 saturated carbocycles. The molecule has 0 spiro atoms. The van der Waals surface area contributed by atoms with E-state index in [0.29, 0.717) is 12.8 Å². The summed E-state index contributed by atoms with van der Waals surface area (Å²) in [6.07, 6.45) is 1.000. The van der Waals surface area contributed by atoms with Gasteiger partial charge in [0.25, 0.3) is 0 Å². The van der Waals surface area contributed by atoms with Gasteiger partial charge in [-0.05, 0) is 43.7 Å². The molecule has 2 aromatic rings. The zero-order valence-corrected chi connectivity index (χ0v) is 12.6. The summed E-state index contributed by atoms with van der Waals surface area (Å²) >= 11 is 0. The number of fused-ring (bicyclic) bond motifs is 1. The van der Waals surface area contributed by atoms with Crippen molar-refractivity contribution in [2.75, 3.05) is 13.8 Å². The molecule has 0 saturated heterocycles. The third kappa shape index (κ3) is 3.37. The van der Waals surface area contributed by atoms with Crippen molar-refractivity contribution in [3.8, 4) is 11.5 Å². The molecule has 3 rings (SSSR count). The highest BCUT2D eigenvalue weighted by Gasteiger charge is 2.15. The van der Waals surface area contributed by atoms with Crippen molar-refractivity contribution in [2.24, 2.45) is 0 Å². The smallest absolute Gasteiger partial charge is 0.231 e. The summed E-state index contributed by atoms with van der Waals surface area (Å²) in [4.78, 5) is 2.37. The van der Waals surface area contributed by atoms with E-state index >= 15 is 0 Å². The van der Waals surface area contributed by atoms with Gasteiger partial charge in [0.2, 0.25) is 6.79 Å². The average molecular weight is 283 g/mol. The average Bonchev–Trinajstić information content (AvgIpc) is 2.95. The first-order chi connectivity index (χ1) is 10.2. The molecule has 0 radical (unpaired) electrons. The lowest BCUT2D eigenvalue weighted by atomic mass is 10.0. The van der Waals surface area contributed by atoms with Gasteiger partial charge >= 0.3 is 0 Å². The Morgan fingerprint density at radius 2 is 1.76 bits per heavy atom. The molecule has 1 heterocycles. The van der Waals surface area contributed by atoms with Crippen LogP contribution in [0.3, 0.4) is 0 Å². The van der Waals surface area contributed by atoms with Gasteiger partial charge in [0, 0.05) is 12.6 Å². The van der Waals surface area contributed by atoms with Gasteiger partial charge in [0.15, 0.2) is 11.5 Å². The minimum Gasteiger partial charge on any atom is -0.454 e. The van der Waals surface area contributed by atoms with E-state index in [1.54, 1.807) is 0 Å². The highest BCUT2D eigenvalue weighted by atomic mass is 16.7. The van der Waals surface area contributed by atoms with Gasteiger partial charge in [-0.2, -0.15) is 0 Å². The first-order valence-electron chi connectivity index (χ1n) is 7.35. The minimum absolute atomic E-state index is 0.336. The monoisotopic (exact) mass is 283 g/mol. The molecule has 0 N–H and O–H groups in total. The highest BCUT2D eigenvalue weighted by molar-refractivity contribution is 5.44. The van der Waals surface area contributed by atoms with Crippen molar-refractivity contribution in [1.29, 1.82) is 0 Å². The molecule has 3 nitrogen and oxygen atoms in total. The number of likely N-dealkylation sites (N-methyl/N-ethyl adjacent to an activating group) is 1. The maximum Gasteiger partial charge on any atom is 0.231 e. The fourth-order valence-corrected chi connectivity index (χ4v) is 2.59. The minimum atomic E-state index is 0.336. The first kappa shape index (κ1) is 14.0. The van der Waals surface area contributed by atoms with Crippen LogP contribution >= 0.6 is 0 Å². The van der Waals surface area contributed by atoms with E-state index in [2.05, 4.69) is 61.3 Å². The van der Waals surface area contributed by atoms with Gasteiger partial charge in [-0.25, -0.2) is 0 Å². The highest BCUT2D eigenvalue weighted by Crippen LogP contribution is 2.32. The zero-order chi connectivity index (χ0) is 14.7. The molecule has 0 aliphatic carbocycles. The summed E-state index contributed by atoms with van der Waals surface area (Å²) in [5.41, 5.74) is 2.63. The van der Waals surface area contributed by atoms with Crippen molar-refractivity contribution >= 4 is 0 Å². The molecule has 3 heteroatoms. The molecule has 0 amide bonds. The maximum atomic E-state index is 5.44. The van der Waals surface area contributed by atoms with Crippen molar-refractivity contribution < 1.29 is 9.47 Å². The molecular formula is C18H21NO2. The lowest BCUT2D eigenvalue weighted by molar-refractivity contribution is 0.174. The number of ether oxygens (including phenoxy) is 2.